The van der Waals surface area contributed by atoms with Crippen LogP contribution < -0.4 is 16.2 Å². The minimum atomic E-state index is -5.08. The van der Waals surface area contributed by atoms with Crippen LogP contribution in [-0.2, 0) is 4.79 Å². The van der Waals surface area contributed by atoms with Crippen LogP contribution in [0.5, 0.6) is 0 Å². The van der Waals surface area contributed by atoms with Gasteiger partial charge in [0.2, 0.25) is 0 Å². The summed E-state index contributed by atoms with van der Waals surface area (Å²) in [5, 5.41) is 10.7. The number of nitrogens with one attached hydrogen (secondary N) is 3. The molecule has 4 N–H and O–H groups in total. The van der Waals surface area contributed by atoms with Gasteiger partial charge < -0.3 is 10.4 Å². The molecule has 0 saturated carbocycles. The van der Waals surface area contributed by atoms with E-state index in [4.69, 9.17) is 21.5 Å². The molecule has 1 aromatic carbocycles. The number of likely N-dealkylation sites (tertiary alicyclic amines) is 1. The summed E-state index contributed by atoms with van der Waals surface area (Å²) in [6.07, 6.45) is 0.429. The maximum atomic E-state index is 12.2. The first-order chi connectivity index (χ1) is 16.0. The molecule has 1 fully saturated rings. The Morgan fingerprint density at radius 1 is 1.18 bits per heavy atom. The highest BCUT2D eigenvalue weighted by Gasteiger charge is 2.38. The fraction of sp³-hybridized carbons (Fsp3) is 0.409. The van der Waals surface area contributed by atoms with Crippen LogP contribution >= 0.6 is 11.6 Å². The van der Waals surface area contributed by atoms with Crippen LogP contribution in [0.15, 0.2) is 42.7 Å². The number of aliphatic carboxylic acids is 1. The highest BCUT2D eigenvalue weighted by atomic mass is 35.5. The summed E-state index contributed by atoms with van der Waals surface area (Å²) in [7, 11) is 0. The Morgan fingerprint density at radius 2 is 1.76 bits per heavy atom. The van der Waals surface area contributed by atoms with Gasteiger partial charge in [-0.25, -0.2) is 9.59 Å². The Morgan fingerprint density at radius 3 is 2.29 bits per heavy atom. The van der Waals surface area contributed by atoms with Crippen molar-refractivity contribution in [2.45, 2.75) is 44.9 Å². The van der Waals surface area contributed by atoms with Gasteiger partial charge in [-0.2, -0.15) is 13.2 Å². The van der Waals surface area contributed by atoms with Gasteiger partial charge in [0, 0.05) is 37.6 Å². The zero-order chi connectivity index (χ0) is 25.3. The Balaban J connectivity index is 0.000000509. The lowest BCUT2D eigenvalue weighted by molar-refractivity contribution is -0.192. The van der Waals surface area contributed by atoms with Gasteiger partial charge in [0.25, 0.3) is 0 Å². The molecule has 34 heavy (non-hydrogen) atoms. The third-order valence-electron chi connectivity index (χ3n) is 5.37. The highest BCUT2D eigenvalue weighted by molar-refractivity contribution is 6.33. The predicted molar refractivity (Wildman–Crippen MR) is 122 cm³/mol. The van der Waals surface area contributed by atoms with Crippen LogP contribution in [0.1, 0.15) is 36.9 Å². The number of aryl methyl sites for hydroxylation is 1. The first-order valence-corrected chi connectivity index (χ1v) is 10.9. The minimum absolute atomic E-state index is 0.167. The van der Waals surface area contributed by atoms with E-state index in [9.17, 15) is 18.0 Å². The zero-order valence-corrected chi connectivity index (χ0v) is 19.5. The number of carbonyl (C=O) groups excluding carboxylic acids is 1. The third kappa shape index (κ3) is 8.38. The van der Waals surface area contributed by atoms with Crippen molar-refractivity contribution in [1.82, 2.24) is 20.6 Å². The SMILES string of the molecule is Cc1cccc(Cl)c1NNC(=O)NC1CCN(C(C)c2ccncc2)CC1.O=C(O)C(F)(F)F. The molecule has 12 heteroatoms. The van der Waals surface area contributed by atoms with Gasteiger partial charge >= 0.3 is 18.2 Å². The van der Waals surface area contributed by atoms with Gasteiger partial charge in [0.05, 0.1) is 10.7 Å². The fourth-order valence-corrected chi connectivity index (χ4v) is 3.68. The summed E-state index contributed by atoms with van der Waals surface area (Å²) in [4.78, 5) is 27.6. The fourth-order valence-electron chi connectivity index (χ4n) is 3.41. The Kier molecular flexibility index (Phi) is 9.94. The van der Waals surface area contributed by atoms with Gasteiger partial charge in [-0.3, -0.25) is 20.7 Å². The number of hydrazine groups is 1. The van der Waals surface area contributed by atoms with E-state index in [2.05, 4.69) is 45.1 Å². The minimum Gasteiger partial charge on any atom is -0.475 e. The molecule has 8 nitrogen and oxygen atoms in total. The maximum Gasteiger partial charge on any atom is 0.490 e. The number of piperidine rings is 1. The van der Waals surface area contributed by atoms with E-state index in [-0.39, 0.29) is 12.1 Å². The second-order valence-electron chi connectivity index (χ2n) is 7.72. The Bertz CT molecular complexity index is 934. The number of hydrogen-bond donors (Lipinski definition) is 4. The maximum absolute atomic E-state index is 12.2. The number of carboxylic acid groups (broad SMARTS) is 1. The molecule has 0 radical (unpaired) electrons. The van der Waals surface area contributed by atoms with Crippen LogP contribution in [0.3, 0.4) is 0 Å². The number of hydrogen-bond acceptors (Lipinski definition) is 5. The second-order valence-corrected chi connectivity index (χ2v) is 8.13. The van der Waals surface area contributed by atoms with E-state index in [0.717, 1.165) is 37.2 Å². The normalized spacial score (nSPS) is 15.5. The molecule has 1 aromatic heterocycles. The van der Waals surface area contributed by atoms with Crippen LogP contribution in [0.2, 0.25) is 5.02 Å². The molecule has 186 valence electrons. The molecule has 1 atom stereocenters. The number of aromatic nitrogens is 1. The number of amides is 2. The Hall–Kier alpha value is -3.05. The molecule has 2 heterocycles. The molecular weight excluding hydrogens is 475 g/mol. The lowest BCUT2D eigenvalue weighted by Crippen LogP contribution is -2.49. The largest absolute Gasteiger partial charge is 0.490 e. The molecule has 1 saturated heterocycles. The summed E-state index contributed by atoms with van der Waals surface area (Å²) in [6, 6.07) is 10.0. The van der Waals surface area contributed by atoms with Crippen molar-refractivity contribution in [1.29, 1.82) is 0 Å². The van der Waals surface area contributed by atoms with Crippen LogP contribution in [0.25, 0.3) is 0 Å². The van der Waals surface area contributed by atoms with Crippen molar-refractivity contribution >= 4 is 29.3 Å². The van der Waals surface area contributed by atoms with E-state index < -0.39 is 12.1 Å². The van der Waals surface area contributed by atoms with Crippen molar-refractivity contribution < 1.29 is 27.9 Å². The highest BCUT2D eigenvalue weighted by Crippen LogP contribution is 2.25. The van der Waals surface area contributed by atoms with Crippen LogP contribution in [0, 0.1) is 6.92 Å². The number of carbonyl (C=O) groups is 2. The van der Waals surface area contributed by atoms with Crippen molar-refractivity contribution in [3.63, 3.8) is 0 Å². The summed E-state index contributed by atoms with van der Waals surface area (Å²) in [6.45, 7) is 6.05. The number of urea groups is 1. The first-order valence-electron chi connectivity index (χ1n) is 10.5. The number of rotatable bonds is 5. The van der Waals surface area contributed by atoms with Gasteiger partial charge in [0.1, 0.15) is 0 Å². The number of carboxylic acids is 1. The lowest BCUT2D eigenvalue weighted by atomic mass is 10.0. The van der Waals surface area contributed by atoms with Crippen LogP contribution in [0.4, 0.5) is 23.7 Å². The average Bonchev–Trinajstić information content (AvgIpc) is 2.79. The molecule has 1 unspecified atom stereocenters. The molecule has 0 spiro atoms. The van der Waals surface area contributed by atoms with Crippen LogP contribution in [-0.4, -0.2) is 52.3 Å². The summed E-state index contributed by atoms with van der Waals surface area (Å²) >= 11 is 6.16. The van der Waals surface area contributed by atoms with E-state index in [1.165, 1.54) is 5.56 Å². The van der Waals surface area contributed by atoms with Crippen molar-refractivity contribution in [2.75, 3.05) is 18.5 Å². The van der Waals surface area contributed by atoms with Gasteiger partial charge in [-0.15, -0.1) is 0 Å². The topological polar surface area (TPSA) is 107 Å². The number of nitrogens with zero attached hydrogens (tertiary/aromatic N) is 2. The Labute approximate surface area is 200 Å². The van der Waals surface area contributed by atoms with Gasteiger partial charge in [-0.05, 0) is 56.0 Å². The third-order valence-corrected chi connectivity index (χ3v) is 5.68. The van der Waals surface area contributed by atoms with E-state index in [0.29, 0.717) is 11.1 Å². The first kappa shape index (κ1) is 27.2. The van der Waals surface area contributed by atoms with E-state index >= 15 is 0 Å². The monoisotopic (exact) mass is 501 g/mol. The molecule has 0 aliphatic carbocycles. The van der Waals surface area contributed by atoms with E-state index in [1.807, 2.05) is 31.5 Å². The van der Waals surface area contributed by atoms with E-state index in [1.54, 1.807) is 6.07 Å². The van der Waals surface area contributed by atoms with Gasteiger partial charge in [0.15, 0.2) is 0 Å². The smallest absolute Gasteiger partial charge is 0.475 e. The molecule has 2 amide bonds. The van der Waals surface area contributed by atoms with Gasteiger partial charge in [-0.1, -0.05) is 23.7 Å². The number of para-hydroxylation sites is 1. The van der Waals surface area contributed by atoms with Crippen molar-refractivity contribution in [2.24, 2.45) is 0 Å². The van der Waals surface area contributed by atoms with Crippen molar-refractivity contribution in [3.05, 3.63) is 58.9 Å². The molecule has 1 aliphatic heterocycles. The number of benzene rings is 1. The zero-order valence-electron chi connectivity index (χ0n) is 18.7. The number of alkyl halides is 3. The standard InChI is InChI=1S/C20H26ClN5O.C2HF3O2/c1-14-4-3-5-18(21)19(14)24-25-20(27)23-17-8-12-26(13-9-17)15(2)16-6-10-22-11-7-16;3-2(4,5)1(6)7/h3-7,10-11,15,17,24H,8-9,12-13H2,1-2H3,(H2,23,25,27);(H,6,7). The molecular formula is C22H27ClF3N5O3. The molecule has 1 aliphatic rings. The lowest BCUT2D eigenvalue weighted by Gasteiger charge is -2.36. The predicted octanol–water partition coefficient (Wildman–Crippen LogP) is 4.53. The van der Waals surface area contributed by atoms with Crippen molar-refractivity contribution in [3.8, 4) is 0 Å². The summed E-state index contributed by atoms with van der Waals surface area (Å²) in [5.41, 5.74) is 8.55. The second kappa shape index (κ2) is 12.4. The summed E-state index contributed by atoms with van der Waals surface area (Å²) < 4.78 is 31.7. The molecule has 0 bridgehead atoms. The number of pyridine rings is 1. The molecule has 2 aromatic rings. The summed E-state index contributed by atoms with van der Waals surface area (Å²) in [5.74, 6) is -2.76. The number of anilines is 1. The quantitative estimate of drug-likeness (QED) is 0.449. The molecule has 3 rings (SSSR count). The average molecular weight is 502 g/mol. The number of halogens is 4.